The summed E-state index contributed by atoms with van der Waals surface area (Å²) in [6, 6.07) is 14.3. The minimum atomic E-state index is -1.42. The van der Waals surface area contributed by atoms with Crippen molar-refractivity contribution in [2.75, 3.05) is 0 Å². The van der Waals surface area contributed by atoms with Gasteiger partial charge in [-0.1, -0.05) is 24.3 Å². The predicted molar refractivity (Wildman–Crippen MR) is 109 cm³/mol. The lowest BCUT2D eigenvalue weighted by Crippen LogP contribution is -2.24. The molecule has 1 N–H and O–H groups in total. The Morgan fingerprint density at radius 2 is 1.90 bits per heavy atom. The molecule has 0 saturated heterocycles. The Labute approximate surface area is 176 Å². The number of fused-ring (bicyclic) bond motifs is 1. The van der Waals surface area contributed by atoms with Crippen molar-refractivity contribution in [2.45, 2.75) is 18.1 Å². The number of benzene rings is 2. The zero-order valence-corrected chi connectivity index (χ0v) is 16.2. The molecule has 0 saturated carbocycles. The summed E-state index contributed by atoms with van der Waals surface area (Å²) >= 11 is 0. The molecular formula is C24H16F2N4O. The van der Waals surface area contributed by atoms with Crippen LogP contribution in [0.3, 0.4) is 0 Å². The molecule has 7 heteroatoms. The van der Waals surface area contributed by atoms with Crippen molar-refractivity contribution >= 4 is 0 Å². The Morgan fingerprint density at radius 3 is 2.68 bits per heavy atom. The summed E-state index contributed by atoms with van der Waals surface area (Å²) in [5.41, 5.74) is 1.61. The van der Waals surface area contributed by atoms with Crippen LogP contribution in [0, 0.1) is 23.0 Å². The van der Waals surface area contributed by atoms with Crippen molar-refractivity contribution < 1.29 is 13.9 Å². The molecule has 1 aliphatic heterocycles. The lowest BCUT2D eigenvalue weighted by atomic mass is 9.85. The summed E-state index contributed by atoms with van der Waals surface area (Å²) in [5.74, 6) is -0.954. The smallest absolute Gasteiger partial charge is 0.142 e. The molecule has 1 aliphatic rings. The molecule has 2 aromatic heterocycles. The van der Waals surface area contributed by atoms with E-state index >= 15 is 0 Å². The molecule has 3 heterocycles. The molecule has 5 rings (SSSR count). The summed E-state index contributed by atoms with van der Waals surface area (Å²) in [5, 5.41) is 20.7. The number of imidazole rings is 1. The SMILES string of the molecule is N#Cc1ccc(C2CC(O)(c3cccc(-c4cncc(F)c4)c3)c3cncn32)c(F)c1. The van der Waals surface area contributed by atoms with Gasteiger partial charge in [-0.15, -0.1) is 0 Å². The highest BCUT2D eigenvalue weighted by Gasteiger charge is 2.45. The molecule has 0 spiro atoms. The van der Waals surface area contributed by atoms with Gasteiger partial charge in [-0.3, -0.25) is 4.98 Å². The molecule has 2 atom stereocenters. The summed E-state index contributed by atoms with van der Waals surface area (Å²) in [4.78, 5) is 8.06. The van der Waals surface area contributed by atoms with Gasteiger partial charge in [0, 0.05) is 23.7 Å². The van der Waals surface area contributed by atoms with Gasteiger partial charge < -0.3 is 9.67 Å². The van der Waals surface area contributed by atoms with Gasteiger partial charge in [0.25, 0.3) is 0 Å². The van der Waals surface area contributed by atoms with Gasteiger partial charge in [0.2, 0.25) is 0 Å². The molecule has 0 fully saturated rings. The Hall–Kier alpha value is -3.89. The summed E-state index contributed by atoms with van der Waals surface area (Å²) in [7, 11) is 0. The zero-order valence-electron chi connectivity index (χ0n) is 16.2. The number of hydrogen-bond donors (Lipinski definition) is 1. The first kappa shape index (κ1) is 19.1. The summed E-state index contributed by atoms with van der Waals surface area (Å²) < 4.78 is 30.1. The average molecular weight is 414 g/mol. The minimum Gasteiger partial charge on any atom is -0.379 e. The molecule has 5 nitrogen and oxygen atoms in total. The van der Waals surface area contributed by atoms with Crippen molar-refractivity contribution in [2.24, 2.45) is 0 Å². The van der Waals surface area contributed by atoms with Gasteiger partial charge in [-0.25, -0.2) is 13.8 Å². The predicted octanol–water partition coefficient (Wildman–Crippen LogP) is 4.32. The highest BCUT2D eigenvalue weighted by molar-refractivity contribution is 5.64. The van der Waals surface area contributed by atoms with Gasteiger partial charge in [0.15, 0.2) is 0 Å². The molecule has 2 unspecified atom stereocenters. The standard InChI is InChI=1S/C24H16F2N4O/c25-19-8-17(11-28-12-19)16-2-1-3-18(7-16)24(31)9-22(30-14-29-13-23(24)30)20-5-4-15(10-27)6-21(20)26/h1-8,11-14,22,31H,9H2. The Morgan fingerprint density at radius 1 is 1.03 bits per heavy atom. The highest BCUT2D eigenvalue weighted by Crippen LogP contribution is 2.47. The van der Waals surface area contributed by atoms with Crippen molar-refractivity contribution in [1.29, 1.82) is 5.26 Å². The highest BCUT2D eigenvalue weighted by atomic mass is 19.1. The van der Waals surface area contributed by atoms with Crippen LogP contribution in [-0.2, 0) is 5.60 Å². The van der Waals surface area contributed by atoms with Crippen molar-refractivity contribution in [3.8, 4) is 17.2 Å². The van der Waals surface area contributed by atoms with E-state index in [0.29, 0.717) is 27.9 Å². The van der Waals surface area contributed by atoms with Gasteiger partial charge in [0.05, 0.1) is 42.1 Å². The topological polar surface area (TPSA) is 74.7 Å². The van der Waals surface area contributed by atoms with E-state index in [1.165, 1.54) is 12.1 Å². The zero-order chi connectivity index (χ0) is 21.6. The molecule has 152 valence electrons. The summed E-state index contributed by atoms with van der Waals surface area (Å²) in [6.45, 7) is 0. The van der Waals surface area contributed by atoms with E-state index in [1.807, 2.05) is 12.1 Å². The lowest BCUT2D eigenvalue weighted by Gasteiger charge is -2.24. The van der Waals surface area contributed by atoms with Crippen molar-refractivity contribution in [1.82, 2.24) is 14.5 Å². The average Bonchev–Trinajstić information content (AvgIpc) is 3.37. The monoisotopic (exact) mass is 414 g/mol. The second kappa shape index (κ2) is 7.11. The van der Waals surface area contributed by atoms with E-state index in [1.54, 1.807) is 53.6 Å². The van der Waals surface area contributed by atoms with Crippen LogP contribution in [0.25, 0.3) is 11.1 Å². The van der Waals surface area contributed by atoms with Crippen molar-refractivity contribution in [3.05, 3.63) is 107 Å². The molecule has 4 aromatic rings. The second-order valence-corrected chi connectivity index (χ2v) is 7.59. The molecule has 31 heavy (non-hydrogen) atoms. The third-order valence-electron chi connectivity index (χ3n) is 5.78. The molecule has 0 aliphatic carbocycles. The van der Waals surface area contributed by atoms with Crippen LogP contribution in [0.2, 0.25) is 0 Å². The van der Waals surface area contributed by atoms with Crippen LogP contribution < -0.4 is 0 Å². The van der Waals surface area contributed by atoms with Crippen LogP contribution in [0.5, 0.6) is 0 Å². The lowest BCUT2D eigenvalue weighted by molar-refractivity contribution is 0.0793. The number of pyridine rings is 1. The number of halogens is 2. The number of aromatic nitrogens is 3. The fourth-order valence-corrected chi connectivity index (χ4v) is 4.27. The van der Waals surface area contributed by atoms with Crippen LogP contribution in [0.15, 0.2) is 73.4 Å². The fourth-order valence-electron chi connectivity index (χ4n) is 4.27. The Balaban J connectivity index is 1.59. The number of rotatable bonds is 3. The van der Waals surface area contributed by atoms with Gasteiger partial charge in [-0.2, -0.15) is 5.26 Å². The van der Waals surface area contributed by atoms with E-state index in [2.05, 4.69) is 9.97 Å². The molecule has 2 aromatic carbocycles. The van der Waals surface area contributed by atoms with Crippen LogP contribution in [0.1, 0.15) is 34.8 Å². The summed E-state index contributed by atoms with van der Waals surface area (Å²) in [6.07, 6.45) is 6.01. The van der Waals surface area contributed by atoms with Crippen LogP contribution in [-0.4, -0.2) is 19.6 Å². The number of hydrogen-bond acceptors (Lipinski definition) is 4. The maximum atomic E-state index is 14.8. The minimum absolute atomic E-state index is 0.193. The van der Waals surface area contributed by atoms with Crippen LogP contribution >= 0.6 is 0 Å². The molecule has 0 bridgehead atoms. The quantitative estimate of drug-likeness (QED) is 0.542. The molecule has 0 radical (unpaired) electrons. The van der Waals surface area contributed by atoms with Gasteiger partial charge >= 0.3 is 0 Å². The van der Waals surface area contributed by atoms with Crippen molar-refractivity contribution in [3.63, 3.8) is 0 Å². The Bertz CT molecular complexity index is 1340. The number of aliphatic hydroxyl groups is 1. The molecule has 0 amide bonds. The Kier molecular flexibility index (Phi) is 4.38. The third-order valence-corrected chi connectivity index (χ3v) is 5.78. The number of nitrogens with zero attached hydrogens (tertiary/aromatic N) is 4. The normalized spacial score (nSPS) is 19.7. The van der Waals surface area contributed by atoms with Crippen LogP contribution in [0.4, 0.5) is 8.78 Å². The maximum Gasteiger partial charge on any atom is 0.142 e. The maximum absolute atomic E-state index is 14.8. The largest absolute Gasteiger partial charge is 0.379 e. The first-order valence-corrected chi connectivity index (χ1v) is 9.65. The van der Waals surface area contributed by atoms with E-state index in [0.717, 1.165) is 6.20 Å². The fraction of sp³-hybridized carbons (Fsp3) is 0.125. The number of nitriles is 1. The van der Waals surface area contributed by atoms with E-state index in [-0.39, 0.29) is 12.0 Å². The third kappa shape index (κ3) is 3.09. The van der Waals surface area contributed by atoms with Gasteiger partial charge in [-0.05, 0) is 35.4 Å². The first-order chi connectivity index (χ1) is 15.0. The van der Waals surface area contributed by atoms with Gasteiger partial charge in [0.1, 0.15) is 17.2 Å². The molecular weight excluding hydrogens is 398 g/mol. The first-order valence-electron chi connectivity index (χ1n) is 9.65. The van der Waals surface area contributed by atoms with E-state index in [9.17, 15) is 13.9 Å². The van der Waals surface area contributed by atoms with E-state index in [4.69, 9.17) is 5.26 Å². The second-order valence-electron chi connectivity index (χ2n) is 7.59. The van der Waals surface area contributed by atoms with E-state index < -0.39 is 23.3 Å².